The Morgan fingerprint density at radius 3 is 2.44 bits per heavy atom. The van der Waals surface area contributed by atoms with Crippen molar-refractivity contribution in [3.05, 3.63) is 53.9 Å². The van der Waals surface area contributed by atoms with Gasteiger partial charge in [0.05, 0.1) is 17.6 Å². The molecule has 3 aromatic rings. The van der Waals surface area contributed by atoms with Crippen LogP contribution >= 0.6 is 0 Å². The van der Waals surface area contributed by atoms with Gasteiger partial charge in [0.25, 0.3) is 5.91 Å². The number of rotatable bonds is 3. The molecule has 3 rings (SSSR count). The molecule has 0 fully saturated rings. The molecule has 128 valence electrons. The maximum absolute atomic E-state index is 12.4. The molecule has 0 aliphatic carbocycles. The molecule has 25 heavy (non-hydrogen) atoms. The summed E-state index contributed by atoms with van der Waals surface area (Å²) in [5.41, 5.74) is 1.55. The second kappa shape index (κ2) is 6.05. The molecule has 6 heteroatoms. The molecule has 2 aromatic heterocycles. The van der Waals surface area contributed by atoms with Crippen molar-refractivity contribution < 1.29 is 14.7 Å². The highest BCUT2D eigenvalue weighted by atomic mass is 16.3. The molecule has 0 atom stereocenters. The van der Waals surface area contributed by atoms with E-state index in [1.807, 2.05) is 20.8 Å². The summed E-state index contributed by atoms with van der Waals surface area (Å²) < 4.78 is 0. The van der Waals surface area contributed by atoms with Gasteiger partial charge in [-0.2, -0.15) is 0 Å². The third-order valence-corrected chi connectivity index (χ3v) is 3.78. The second-order valence-electron chi connectivity index (χ2n) is 6.92. The van der Waals surface area contributed by atoms with Crippen molar-refractivity contribution in [2.24, 2.45) is 5.41 Å². The predicted octanol–water partition coefficient (Wildman–Crippen LogP) is 3.75. The summed E-state index contributed by atoms with van der Waals surface area (Å²) in [6.45, 7) is 5.58. The lowest BCUT2D eigenvalue weighted by Crippen LogP contribution is -2.20. The van der Waals surface area contributed by atoms with Gasteiger partial charge in [0.1, 0.15) is 11.4 Å². The summed E-state index contributed by atoms with van der Waals surface area (Å²) in [5, 5.41) is 12.8. The zero-order chi connectivity index (χ0) is 18.2. The standard InChI is InChI=1S/C19H19N3O3/c1-19(2,3)16(24)15-9-12-8-13(10-20-17(12)22-15)21-18(25)11-4-6-14(23)7-5-11/h4-10,23H,1-3H3,(H,20,22)(H,21,25). The molecular weight excluding hydrogens is 318 g/mol. The lowest BCUT2D eigenvalue weighted by molar-refractivity contribution is 0.0853. The van der Waals surface area contributed by atoms with Crippen LogP contribution in [-0.2, 0) is 0 Å². The Balaban J connectivity index is 1.85. The number of hydrogen-bond donors (Lipinski definition) is 3. The maximum atomic E-state index is 12.4. The van der Waals surface area contributed by atoms with E-state index in [4.69, 9.17) is 0 Å². The number of pyridine rings is 1. The summed E-state index contributed by atoms with van der Waals surface area (Å²) in [7, 11) is 0. The van der Waals surface area contributed by atoms with E-state index >= 15 is 0 Å². The number of hydrogen-bond acceptors (Lipinski definition) is 4. The number of benzene rings is 1. The van der Waals surface area contributed by atoms with Crippen LogP contribution in [0.3, 0.4) is 0 Å². The predicted molar refractivity (Wildman–Crippen MR) is 95.9 cm³/mol. The molecule has 3 N–H and O–H groups in total. The summed E-state index contributed by atoms with van der Waals surface area (Å²) >= 11 is 0. The minimum atomic E-state index is -0.489. The molecule has 1 amide bonds. The zero-order valence-corrected chi connectivity index (χ0v) is 14.3. The van der Waals surface area contributed by atoms with Gasteiger partial charge in [0, 0.05) is 16.4 Å². The monoisotopic (exact) mass is 337 g/mol. The van der Waals surface area contributed by atoms with Crippen molar-refractivity contribution in [3.8, 4) is 5.75 Å². The Labute approximate surface area is 144 Å². The third kappa shape index (κ3) is 3.52. The van der Waals surface area contributed by atoms with Crippen molar-refractivity contribution in [3.63, 3.8) is 0 Å². The molecule has 0 spiro atoms. The molecule has 0 saturated carbocycles. The number of nitrogens with one attached hydrogen (secondary N) is 2. The third-order valence-electron chi connectivity index (χ3n) is 3.78. The molecule has 0 radical (unpaired) electrons. The number of aromatic nitrogens is 2. The van der Waals surface area contributed by atoms with Gasteiger partial charge in [-0.25, -0.2) is 4.98 Å². The summed E-state index contributed by atoms with van der Waals surface area (Å²) in [5.74, 6) is -0.203. The molecule has 0 bridgehead atoms. The van der Waals surface area contributed by atoms with E-state index in [1.54, 1.807) is 12.1 Å². The van der Waals surface area contributed by atoms with Crippen LogP contribution in [0, 0.1) is 5.41 Å². The number of anilines is 1. The largest absolute Gasteiger partial charge is 0.508 e. The highest BCUT2D eigenvalue weighted by Gasteiger charge is 2.24. The topological polar surface area (TPSA) is 95.1 Å². The number of Topliss-reactive ketones (excluding diaryl/α,β-unsaturated/α-hetero) is 1. The van der Waals surface area contributed by atoms with Gasteiger partial charge in [-0.3, -0.25) is 9.59 Å². The van der Waals surface area contributed by atoms with Gasteiger partial charge >= 0.3 is 0 Å². The van der Waals surface area contributed by atoms with E-state index in [-0.39, 0.29) is 17.4 Å². The van der Waals surface area contributed by atoms with Gasteiger partial charge in [-0.05, 0) is 36.4 Å². The Morgan fingerprint density at radius 2 is 1.80 bits per heavy atom. The highest BCUT2D eigenvalue weighted by Crippen LogP contribution is 2.24. The smallest absolute Gasteiger partial charge is 0.255 e. The average molecular weight is 337 g/mol. The molecule has 0 unspecified atom stereocenters. The molecule has 0 aliphatic heterocycles. The first-order chi connectivity index (χ1) is 11.7. The fourth-order valence-corrected chi connectivity index (χ4v) is 2.43. The lowest BCUT2D eigenvalue weighted by atomic mass is 9.89. The summed E-state index contributed by atoms with van der Waals surface area (Å²) in [6.07, 6.45) is 1.53. The molecule has 0 saturated heterocycles. The quantitative estimate of drug-likeness (QED) is 0.634. The number of carbonyl (C=O) groups excluding carboxylic acids is 2. The van der Waals surface area contributed by atoms with Crippen LogP contribution in [0.1, 0.15) is 41.6 Å². The first-order valence-corrected chi connectivity index (χ1v) is 7.88. The fourth-order valence-electron chi connectivity index (χ4n) is 2.43. The van der Waals surface area contributed by atoms with E-state index in [2.05, 4.69) is 15.3 Å². The minimum absolute atomic E-state index is 0.000166. The number of carbonyl (C=O) groups is 2. The first-order valence-electron chi connectivity index (χ1n) is 7.88. The van der Waals surface area contributed by atoms with Crippen LogP contribution in [0.4, 0.5) is 5.69 Å². The van der Waals surface area contributed by atoms with Crippen molar-refractivity contribution in [2.75, 3.05) is 5.32 Å². The van der Waals surface area contributed by atoms with Gasteiger partial charge < -0.3 is 15.4 Å². The van der Waals surface area contributed by atoms with E-state index in [1.165, 1.54) is 30.5 Å². The second-order valence-corrected chi connectivity index (χ2v) is 6.92. The zero-order valence-electron chi connectivity index (χ0n) is 14.3. The van der Waals surface area contributed by atoms with Gasteiger partial charge in [-0.1, -0.05) is 20.8 Å². The number of aromatic amines is 1. The number of H-pyrrole nitrogens is 1. The molecular formula is C19H19N3O3. The van der Waals surface area contributed by atoms with Crippen LogP contribution in [0.25, 0.3) is 11.0 Å². The number of amides is 1. The van der Waals surface area contributed by atoms with Crippen LogP contribution in [-0.4, -0.2) is 26.8 Å². The Bertz CT molecular complexity index is 950. The maximum Gasteiger partial charge on any atom is 0.255 e. The van der Waals surface area contributed by atoms with Crippen molar-refractivity contribution in [1.29, 1.82) is 0 Å². The number of aromatic hydroxyl groups is 1. The lowest BCUT2D eigenvalue weighted by Gasteiger charge is -2.14. The van der Waals surface area contributed by atoms with Crippen LogP contribution in [0.15, 0.2) is 42.6 Å². The van der Waals surface area contributed by atoms with Gasteiger partial charge in [0.15, 0.2) is 5.78 Å². The van der Waals surface area contributed by atoms with Crippen molar-refractivity contribution in [1.82, 2.24) is 9.97 Å². The highest BCUT2D eigenvalue weighted by molar-refractivity contribution is 6.05. The van der Waals surface area contributed by atoms with Crippen LogP contribution < -0.4 is 5.32 Å². The Morgan fingerprint density at radius 1 is 1.12 bits per heavy atom. The summed E-state index contributed by atoms with van der Waals surface area (Å²) in [4.78, 5) is 31.9. The number of phenols is 1. The fraction of sp³-hybridized carbons (Fsp3) is 0.211. The minimum Gasteiger partial charge on any atom is -0.508 e. The number of nitrogens with zero attached hydrogens (tertiary/aromatic N) is 1. The van der Waals surface area contributed by atoms with E-state index < -0.39 is 5.41 Å². The molecule has 6 nitrogen and oxygen atoms in total. The van der Waals surface area contributed by atoms with E-state index in [9.17, 15) is 14.7 Å². The number of fused-ring (bicyclic) bond motifs is 1. The average Bonchev–Trinajstić information content (AvgIpc) is 2.96. The van der Waals surface area contributed by atoms with Crippen molar-refractivity contribution in [2.45, 2.75) is 20.8 Å². The molecule has 1 aromatic carbocycles. The van der Waals surface area contributed by atoms with Crippen LogP contribution in [0.2, 0.25) is 0 Å². The van der Waals surface area contributed by atoms with E-state index in [0.29, 0.717) is 22.6 Å². The molecule has 0 aliphatic rings. The Kier molecular flexibility index (Phi) is 4.04. The number of ketones is 1. The van der Waals surface area contributed by atoms with Crippen molar-refractivity contribution >= 4 is 28.4 Å². The molecule has 2 heterocycles. The SMILES string of the molecule is CC(C)(C)C(=O)c1cc2cc(NC(=O)c3ccc(O)cc3)cnc2[nH]1. The Hall–Kier alpha value is -3.15. The number of phenolic OH excluding ortho intramolecular Hbond substituents is 1. The normalized spacial score (nSPS) is 11.5. The van der Waals surface area contributed by atoms with Gasteiger partial charge in [-0.15, -0.1) is 0 Å². The van der Waals surface area contributed by atoms with Crippen LogP contribution in [0.5, 0.6) is 5.75 Å². The van der Waals surface area contributed by atoms with E-state index in [0.717, 1.165) is 5.39 Å². The first kappa shape index (κ1) is 16.7. The van der Waals surface area contributed by atoms with Gasteiger partial charge in [0.2, 0.25) is 0 Å². The summed E-state index contributed by atoms with van der Waals surface area (Å²) in [6, 6.07) is 9.47.